The summed E-state index contributed by atoms with van der Waals surface area (Å²) in [5, 5.41) is 10.9. The normalized spacial score (nSPS) is 12.4. The number of nitrogens with zero attached hydrogens (tertiary/aromatic N) is 1. The van der Waals surface area contributed by atoms with Crippen molar-refractivity contribution < 1.29 is 14.6 Å². The molecule has 1 N–H and O–H groups in total. The van der Waals surface area contributed by atoms with Gasteiger partial charge in [0.15, 0.2) is 0 Å². The second-order valence-corrected chi connectivity index (χ2v) is 6.24. The van der Waals surface area contributed by atoms with Gasteiger partial charge in [0.25, 0.3) is 0 Å². The van der Waals surface area contributed by atoms with Crippen molar-refractivity contribution >= 4 is 11.6 Å². The van der Waals surface area contributed by atoms with E-state index >= 15 is 0 Å². The number of rotatable bonds is 9. The van der Waals surface area contributed by atoms with Crippen molar-refractivity contribution in [2.45, 2.75) is 19.3 Å². The first-order chi connectivity index (χ1) is 11.6. The number of methoxy groups -OCH3 is 1. The van der Waals surface area contributed by atoms with Crippen molar-refractivity contribution in [2.24, 2.45) is 0 Å². The minimum absolute atomic E-state index is 0.276. The van der Waals surface area contributed by atoms with Crippen molar-refractivity contribution in [3.63, 3.8) is 0 Å². The predicted molar refractivity (Wildman–Crippen MR) is 96.4 cm³/mol. The fourth-order valence-corrected chi connectivity index (χ4v) is 2.76. The second-order valence-electron chi connectivity index (χ2n) is 5.81. The van der Waals surface area contributed by atoms with Crippen molar-refractivity contribution in [1.82, 2.24) is 4.90 Å². The number of para-hydroxylation sites is 1. The Balaban J connectivity index is 1.73. The molecule has 0 spiro atoms. The second kappa shape index (κ2) is 9.64. The summed E-state index contributed by atoms with van der Waals surface area (Å²) in [6.45, 7) is 1.94. The number of hydrogen-bond donors (Lipinski definition) is 1. The zero-order valence-electron chi connectivity index (χ0n) is 14.1. The van der Waals surface area contributed by atoms with Crippen molar-refractivity contribution in [1.29, 1.82) is 0 Å². The minimum Gasteiger partial charge on any atom is -0.496 e. The molecule has 0 aliphatic heterocycles. The summed E-state index contributed by atoms with van der Waals surface area (Å²) in [4.78, 5) is 2.04. The molecule has 0 aliphatic rings. The fourth-order valence-electron chi connectivity index (χ4n) is 2.55. The standard InChI is InChI=1S/C19H24ClNO3/c1-21(11-15-6-5-8-17(20)10-15)12-18(22)14-24-13-16-7-3-4-9-19(16)23-2/h3-10,18,22H,11-14H2,1-2H3/t18-/m0/s1. The molecule has 24 heavy (non-hydrogen) atoms. The lowest BCUT2D eigenvalue weighted by Crippen LogP contribution is -2.31. The maximum absolute atomic E-state index is 10.1. The Bertz CT molecular complexity index is 636. The lowest BCUT2D eigenvalue weighted by Gasteiger charge is -2.21. The molecule has 2 aromatic rings. The summed E-state index contributed by atoms with van der Waals surface area (Å²) in [5.74, 6) is 0.796. The molecule has 0 fully saturated rings. The van der Waals surface area contributed by atoms with E-state index in [1.54, 1.807) is 7.11 Å². The highest BCUT2D eigenvalue weighted by Gasteiger charge is 2.10. The highest BCUT2D eigenvalue weighted by atomic mass is 35.5. The highest BCUT2D eigenvalue weighted by molar-refractivity contribution is 6.30. The van der Waals surface area contributed by atoms with Crippen LogP contribution >= 0.6 is 11.6 Å². The molecular weight excluding hydrogens is 326 g/mol. The van der Waals surface area contributed by atoms with Crippen LogP contribution in [0.5, 0.6) is 5.75 Å². The Hall–Kier alpha value is -1.59. The van der Waals surface area contributed by atoms with Crippen molar-refractivity contribution in [3.05, 3.63) is 64.7 Å². The van der Waals surface area contributed by atoms with E-state index in [4.69, 9.17) is 21.1 Å². The third kappa shape index (κ3) is 6.13. The molecule has 5 heteroatoms. The zero-order valence-corrected chi connectivity index (χ0v) is 14.9. The number of halogens is 1. The highest BCUT2D eigenvalue weighted by Crippen LogP contribution is 2.18. The molecule has 0 aliphatic carbocycles. The summed E-state index contributed by atoms with van der Waals surface area (Å²) in [6, 6.07) is 15.4. The smallest absolute Gasteiger partial charge is 0.124 e. The number of aliphatic hydroxyl groups is 1. The third-order valence-electron chi connectivity index (χ3n) is 3.62. The quantitative estimate of drug-likeness (QED) is 0.753. The molecule has 0 aromatic heterocycles. The van der Waals surface area contributed by atoms with Gasteiger partial charge in [0.1, 0.15) is 5.75 Å². The number of ether oxygens (including phenoxy) is 2. The molecule has 0 saturated heterocycles. The summed E-state index contributed by atoms with van der Waals surface area (Å²) in [6.07, 6.45) is -0.552. The molecule has 2 rings (SSSR count). The Morgan fingerprint density at radius 1 is 1.17 bits per heavy atom. The van der Waals surface area contributed by atoms with Gasteiger partial charge in [0.05, 0.1) is 26.4 Å². The third-order valence-corrected chi connectivity index (χ3v) is 3.86. The first-order valence-corrected chi connectivity index (χ1v) is 8.27. The summed E-state index contributed by atoms with van der Waals surface area (Å²) in [5.41, 5.74) is 2.09. The van der Waals surface area contributed by atoms with E-state index in [0.29, 0.717) is 13.2 Å². The van der Waals surface area contributed by atoms with Crippen LogP contribution in [0.15, 0.2) is 48.5 Å². The molecule has 0 amide bonds. The van der Waals surface area contributed by atoms with E-state index in [9.17, 15) is 5.11 Å². The van der Waals surface area contributed by atoms with Crippen LogP contribution in [0.2, 0.25) is 5.02 Å². The van der Waals surface area contributed by atoms with Gasteiger partial charge >= 0.3 is 0 Å². The number of benzene rings is 2. The van der Waals surface area contributed by atoms with Gasteiger partial charge in [-0.2, -0.15) is 0 Å². The Kier molecular flexibility index (Phi) is 7.53. The Labute approximate surface area is 148 Å². The molecular formula is C19H24ClNO3. The molecule has 4 nitrogen and oxygen atoms in total. The van der Waals surface area contributed by atoms with Gasteiger partial charge < -0.3 is 14.6 Å². The topological polar surface area (TPSA) is 41.9 Å². The average molecular weight is 350 g/mol. The molecule has 0 heterocycles. The van der Waals surface area contributed by atoms with E-state index < -0.39 is 6.10 Å². The predicted octanol–water partition coefficient (Wildman–Crippen LogP) is 3.36. The first kappa shape index (κ1) is 18.7. The minimum atomic E-state index is -0.552. The lowest BCUT2D eigenvalue weighted by atomic mass is 10.2. The van der Waals surface area contributed by atoms with Crippen LogP contribution in [-0.4, -0.2) is 43.4 Å². The fraction of sp³-hybridized carbons (Fsp3) is 0.368. The molecule has 0 radical (unpaired) electrons. The molecule has 0 unspecified atom stereocenters. The Morgan fingerprint density at radius 2 is 1.96 bits per heavy atom. The van der Waals surface area contributed by atoms with Crippen LogP contribution in [0.25, 0.3) is 0 Å². The van der Waals surface area contributed by atoms with Crippen LogP contribution in [-0.2, 0) is 17.9 Å². The van der Waals surface area contributed by atoms with Crippen LogP contribution in [0.4, 0.5) is 0 Å². The van der Waals surface area contributed by atoms with Gasteiger partial charge in [0, 0.05) is 23.7 Å². The van der Waals surface area contributed by atoms with E-state index in [2.05, 4.69) is 0 Å². The first-order valence-electron chi connectivity index (χ1n) is 7.89. The summed E-state index contributed by atoms with van der Waals surface area (Å²) >= 11 is 5.99. The van der Waals surface area contributed by atoms with Crippen LogP contribution in [0.1, 0.15) is 11.1 Å². The number of likely N-dealkylation sites (N-methyl/N-ethyl adjacent to an activating group) is 1. The van der Waals surface area contributed by atoms with Crippen LogP contribution in [0.3, 0.4) is 0 Å². The van der Waals surface area contributed by atoms with Crippen LogP contribution in [0, 0.1) is 0 Å². The van der Waals surface area contributed by atoms with Gasteiger partial charge in [0.2, 0.25) is 0 Å². The van der Waals surface area contributed by atoms with Crippen molar-refractivity contribution in [2.75, 3.05) is 27.3 Å². The van der Waals surface area contributed by atoms with Gasteiger partial charge in [-0.3, -0.25) is 4.90 Å². The van der Waals surface area contributed by atoms with Gasteiger partial charge in [-0.15, -0.1) is 0 Å². The van der Waals surface area contributed by atoms with Gasteiger partial charge in [-0.05, 0) is 30.8 Å². The lowest BCUT2D eigenvalue weighted by molar-refractivity contribution is 0.0122. The van der Waals surface area contributed by atoms with E-state index in [-0.39, 0.29) is 6.61 Å². The largest absolute Gasteiger partial charge is 0.496 e. The maximum Gasteiger partial charge on any atom is 0.124 e. The molecule has 2 aromatic carbocycles. The Morgan fingerprint density at radius 3 is 2.71 bits per heavy atom. The van der Waals surface area contributed by atoms with E-state index in [1.165, 1.54) is 0 Å². The molecule has 0 saturated carbocycles. The average Bonchev–Trinajstić information content (AvgIpc) is 2.55. The maximum atomic E-state index is 10.1. The summed E-state index contributed by atoms with van der Waals surface area (Å²) < 4.78 is 10.9. The van der Waals surface area contributed by atoms with Gasteiger partial charge in [-0.1, -0.05) is 41.9 Å². The van der Waals surface area contributed by atoms with E-state index in [0.717, 1.165) is 28.4 Å². The van der Waals surface area contributed by atoms with E-state index in [1.807, 2.05) is 60.5 Å². The van der Waals surface area contributed by atoms with Crippen molar-refractivity contribution in [3.8, 4) is 5.75 Å². The molecule has 130 valence electrons. The molecule has 1 atom stereocenters. The van der Waals surface area contributed by atoms with Gasteiger partial charge in [-0.25, -0.2) is 0 Å². The van der Waals surface area contributed by atoms with Crippen LogP contribution < -0.4 is 4.74 Å². The number of hydrogen-bond acceptors (Lipinski definition) is 4. The SMILES string of the molecule is COc1ccccc1COC[C@@H](O)CN(C)Cc1cccc(Cl)c1. The zero-order chi connectivity index (χ0) is 17.4. The number of aliphatic hydroxyl groups excluding tert-OH is 1. The monoisotopic (exact) mass is 349 g/mol. The summed E-state index contributed by atoms with van der Waals surface area (Å²) in [7, 11) is 3.60. The molecule has 0 bridgehead atoms.